The average molecular weight is 362 g/mol. The molecule has 0 aliphatic carbocycles. The Hall–Kier alpha value is -3.21. The number of esters is 1. The van der Waals surface area contributed by atoms with E-state index in [9.17, 15) is 9.59 Å². The van der Waals surface area contributed by atoms with Gasteiger partial charge in [-0.1, -0.05) is 62.4 Å². The Morgan fingerprint density at radius 1 is 1.04 bits per heavy atom. The Morgan fingerprint density at radius 3 is 2.48 bits per heavy atom. The molecule has 5 nitrogen and oxygen atoms in total. The molecule has 0 aliphatic heterocycles. The summed E-state index contributed by atoms with van der Waals surface area (Å²) >= 11 is 0. The predicted molar refractivity (Wildman–Crippen MR) is 104 cm³/mol. The molecule has 1 aromatic heterocycles. The van der Waals surface area contributed by atoms with Crippen LogP contribution in [-0.4, -0.2) is 23.5 Å². The fraction of sp³-hybridized carbons (Fsp3) is 0.227. The molecule has 0 unspecified atom stereocenters. The van der Waals surface area contributed by atoms with Gasteiger partial charge in [0.05, 0.1) is 11.1 Å². The number of nitrogens with one attached hydrogen (secondary N) is 1. The molecule has 3 rings (SSSR count). The van der Waals surface area contributed by atoms with Crippen LogP contribution < -0.4 is 5.32 Å². The monoisotopic (exact) mass is 362 g/mol. The normalized spacial score (nSPS) is 10.8. The molecular formula is C22H22N2O3. The Morgan fingerprint density at radius 2 is 1.74 bits per heavy atom. The van der Waals surface area contributed by atoms with Crippen LogP contribution in [0, 0.1) is 0 Å². The lowest BCUT2D eigenvalue weighted by Gasteiger charge is -2.11. The van der Waals surface area contributed by atoms with Crippen LogP contribution in [0.3, 0.4) is 0 Å². The lowest BCUT2D eigenvalue weighted by atomic mass is 10.0. The number of carbonyl (C=O) groups is 2. The van der Waals surface area contributed by atoms with Crippen molar-refractivity contribution < 1.29 is 14.3 Å². The van der Waals surface area contributed by atoms with E-state index in [4.69, 9.17) is 4.74 Å². The molecule has 27 heavy (non-hydrogen) atoms. The molecule has 0 saturated carbocycles. The van der Waals surface area contributed by atoms with Gasteiger partial charge in [-0.15, -0.1) is 0 Å². The molecule has 0 atom stereocenters. The fourth-order valence-electron chi connectivity index (χ4n) is 2.72. The standard InChI is InChI=1S/C22H22N2O3/c1-15(2)20-12-18(17-10-6-7-11-19(17)24-20)22(26)27-14-21(25)23-13-16-8-4-3-5-9-16/h3-12,15H,13-14H2,1-2H3,(H,23,25). The maximum absolute atomic E-state index is 12.6. The number of aromatic nitrogens is 1. The molecule has 0 spiro atoms. The number of rotatable bonds is 6. The summed E-state index contributed by atoms with van der Waals surface area (Å²) in [6, 6.07) is 18.7. The highest BCUT2D eigenvalue weighted by Gasteiger charge is 2.16. The summed E-state index contributed by atoms with van der Waals surface area (Å²) in [5.74, 6) is -0.685. The van der Waals surface area contributed by atoms with Crippen molar-refractivity contribution in [3.05, 3.63) is 77.5 Å². The van der Waals surface area contributed by atoms with Gasteiger partial charge in [0.25, 0.3) is 5.91 Å². The Bertz CT molecular complexity index is 952. The van der Waals surface area contributed by atoms with Crippen LogP contribution in [0.1, 0.15) is 41.4 Å². The molecule has 5 heteroatoms. The minimum atomic E-state index is -0.523. The third kappa shape index (κ3) is 4.70. The highest BCUT2D eigenvalue weighted by Crippen LogP contribution is 2.23. The lowest BCUT2D eigenvalue weighted by Crippen LogP contribution is -2.28. The molecule has 2 aromatic carbocycles. The minimum absolute atomic E-state index is 0.176. The van der Waals surface area contributed by atoms with Crippen molar-refractivity contribution in [2.45, 2.75) is 26.3 Å². The highest BCUT2D eigenvalue weighted by molar-refractivity contribution is 6.04. The predicted octanol–water partition coefficient (Wildman–Crippen LogP) is 3.83. The van der Waals surface area contributed by atoms with Gasteiger partial charge in [0, 0.05) is 17.6 Å². The van der Waals surface area contributed by atoms with Gasteiger partial charge in [-0.25, -0.2) is 4.79 Å². The first-order valence-electron chi connectivity index (χ1n) is 8.92. The molecule has 0 radical (unpaired) electrons. The van der Waals surface area contributed by atoms with Crippen molar-refractivity contribution in [2.75, 3.05) is 6.61 Å². The molecule has 1 amide bonds. The second-order valence-electron chi connectivity index (χ2n) is 6.60. The summed E-state index contributed by atoms with van der Waals surface area (Å²) in [6.07, 6.45) is 0. The van der Waals surface area contributed by atoms with E-state index in [1.54, 1.807) is 6.07 Å². The van der Waals surface area contributed by atoms with Gasteiger partial charge < -0.3 is 10.1 Å². The van der Waals surface area contributed by atoms with Gasteiger partial charge in [0.15, 0.2) is 6.61 Å². The lowest BCUT2D eigenvalue weighted by molar-refractivity contribution is -0.124. The number of para-hydroxylation sites is 1. The largest absolute Gasteiger partial charge is 0.452 e. The smallest absolute Gasteiger partial charge is 0.339 e. The zero-order chi connectivity index (χ0) is 19.2. The summed E-state index contributed by atoms with van der Waals surface area (Å²) in [5.41, 5.74) is 2.97. The van der Waals surface area contributed by atoms with Gasteiger partial charge in [-0.3, -0.25) is 9.78 Å². The van der Waals surface area contributed by atoms with E-state index in [2.05, 4.69) is 10.3 Å². The highest BCUT2D eigenvalue weighted by atomic mass is 16.5. The molecule has 0 saturated heterocycles. The number of carbonyl (C=O) groups excluding carboxylic acids is 2. The number of pyridine rings is 1. The quantitative estimate of drug-likeness (QED) is 0.677. The third-order valence-electron chi connectivity index (χ3n) is 4.21. The second-order valence-corrected chi connectivity index (χ2v) is 6.60. The topological polar surface area (TPSA) is 68.3 Å². The number of hydrogen-bond acceptors (Lipinski definition) is 4. The first-order valence-corrected chi connectivity index (χ1v) is 8.92. The number of fused-ring (bicyclic) bond motifs is 1. The summed E-state index contributed by atoms with van der Waals surface area (Å²) in [7, 11) is 0. The van der Waals surface area contributed by atoms with Crippen molar-refractivity contribution in [1.29, 1.82) is 0 Å². The number of amides is 1. The van der Waals surface area contributed by atoms with E-state index in [-0.39, 0.29) is 18.4 Å². The van der Waals surface area contributed by atoms with Crippen LogP contribution in [0.4, 0.5) is 0 Å². The van der Waals surface area contributed by atoms with Gasteiger partial charge in [0.2, 0.25) is 0 Å². The third-order valence-corrected chi connectivity index (χ3v) is 4.21. The van der Waals surface area contributed by atoms with Crippen molar-refractivity contribution in [2.24, 2.45) is 0 Å². The van der Waals surface area contributed by atoms with Gasteiger partial charge in [0.1, 0.15) is 0 Å². The van der Waals surface area contributed by atoms with E-state index in [0.717, 1.165) is 22.2 Å². The first kappa shape index (κ1) is 18.6. The van der Waals surface area contributed by atoms with Crippen LogP contribution >= 0.6 is 0 Å². The summed E-state index contributed by atoms with van der Waals surface area (Å²) in [4.78, 5) is 29.2. The Labute approximate surface area is 158 Å². The molecule has 0 fully saturated rings. The summed E-state index contributed by atoms with van der Waals surface area (Å²) in [6.45, 7) is 4.11. The second kappa shape index (κ2) is 8.45. The zero-order valence-corrected chi connectivity index (χ0v) is 15.4. The molecule has 0 bridgehead atoms. The van der Waals surface area contributed by atoms with Crippen molar-refractivity contribution in [1.82, 2.24) is 10.3 Å². The molecular weight excluding hydrogens is 340 g/mol. The van der Waals surface area contributed by atoms with Crippen LogP contribution in [-0.2, 0) is 16.1 Å². The molecule has 1 heterocycles. The fourth-order valence-corrected chi connectivity index (χ4v) is 2.72. The van der Waals surface area contributed by atoms with Crippen LogP contribution in [0.15, 0.2) is 60.7 Å². The number of ether oxygens (including phenoxy) is 1. The Balaban J connectivity index is 1.68. The van der Waals surface area contributed by atoms with Crippen LogP contribution in [0.25, 0.3) is 10.9 Å². The maximum atomic E-state index is 12.6. The van der Waals surface area contributed by atoms with Gasteiger partial charge in [-0.2, -0.15) is 0 Å². The summed E-state index contributed by atoms with van der Waals surface area (Å²) < 4.78 is 5.24. The van der Waals surface area contributed by atoms with E-state index in [1.807, 2.05) is 68.4 Å². The van der Waals surface area contributed by atoms with E-state index < -0.39 is 5.97 Å². The molecule has 138 valence electrons. The number of benzene rings is 2. The first-order chi connectivity index (χ1) is 13.0. The van der Waals surface area contributed by atoms with Crippen LogP contribution in [0.2, 0.25) is 0 Å². The maximum Gasteiger partial charge on any atom is 0.339 e. The van der Waals surface area contributed by atoms with Crippen molar-refractivity contribution >= 4 is 22.8 Å². The molecule has 3 aromatic rings. The minimum Gasteiger partial charge on any atom is -0.452 e. The molecule has 1 N–H and O–H groups in total. The van der Waals surface area contributed by atoms with E-state index in [0.29, 0.717) is 12.1 Å². The van der Waals surface area contributed by atoms with E-state index in [1.165, 1.54) is 0 Å². The van der Waals surface area contributed by atoms with Gasteiger partial charge >= 0.3 is 5.97 Å². The van der Waals surface area contributed by atoms with Crippen LogP contribution in [0.5, 0.6) is 0 Å². The average Bonchev–Trinajstić information content (AvgIpc) is 2.70. The zero-order valence-electron chi connectivity index (χ0n) is 15.4. The van der Waals surface area contributed by atoms with Crippen molar-refractivity contribution in [3.63, 3.8) is 0 Å². The number of nitrogens with zero attached hydrogens (tertiary/aromatic N) is 1. The molecule has 0 aliphatic rings. The van der Waals surface area contributed by atoms with Crippen molar-refractivity contribution in [3.8, 4) is 0 Å². The van der Waals surface area contributed by atoms with E-state index >= 15 is 0 Å². The summed E-state index contributed by atoms with van der Waals surface area (Å²) in [5, 5.41) is 3.46. The Kier molecular flexibility index (Phi) is 5.81. The SMILES string of the molecule is CC(C)c1cc(C(=O)OCC(=O)NCc2ccccc2)c2ccccc2n1. The van der Waals surface area contributed by atoms with Gasteiger partial charge in [-0.05, 0) is 23.6 Å². The number of hydrogen-bond donors (Lipinski definition) is 1.